The molecule has 4 rings (SSSR count). The molecule has 0 atom stereocenters. The Kier molecular flexibility index (Phi) is 4.19. The largest absolute Gasteiger partial charge is 0.352 e. The zero-order valence-electron chi connectivity index (χ0n) is 13.2. The summed E-state index contributed by atoms with van der Waals surface area (Å²) >= 11 is 12.1. The third kappa shape index (κ3) is 3.25. The topological polar surface area (TPSA) is 59.8 Å². The molecular formula is C18H14Cl2N4O. The van der Waals surface area contributed by atoms with Crippen molar-refractivity contribution in [1.29, 1.82) is 0 Å². The SMILES string of the molecule is O=C1NCCc2c1cnn2-c1ccnc(Cc2cc(Cl)cc(Cl)c2)c1. The second-order valence-electron chi connectivity index (χ2n) is 5.88. The van der Waals surface area contributed by atoms with Crippen molar-refractivity contribution in [1.82, 2.24) is 20.1 Å². The van der Waals surface area contributed by atoms with Gasteiger partial charge in [0.15, 0.2) is 0 Å². The molecular weight excluding hydrogens is 359 g/mol. The maximum absolute atomic E-state index is 11.9. The Labute approximate surface area is 154 Å². The van der Waals surface area contributed by atoms with Crippen LogP contribution in [0.4, 0.5) is 0 Å². The molecule has 0 bridgehead atoms. The number of pyridine rings is 1. The van der Waals surface area contributed by atoms with Gasteiger partial charge in [-0.1, -0.05) is 23.2 Å². The van der Waals surface area contributed by atoms with E-state index >= 15 is 0 Å². The third-order valence-electron chi connectivity index (χ3n) is 4.11. The lowest BCUT2D eigenvalue weighted by Gasteiger charge is -2.15. The van der Waals surface area contributed by atoms with Gasteiger partial charge in [0, 0.05) is 41.3 Å². The van der Waals surface area contributed by atoms with Crippen molar-refractivity contribution >= 4 is 29.1 Å². The van der Waals surface area contributed by atoms with Crippen molar-refractivity contribution in [3.8, 4) is 5.69 Å². The van der Waals surface area contributed by atoms with E-state index in [9.17, 15) is 4.79 Å². The Bertz CT molecular complexity index is 947. The van der Waals surface area contributed by atoms with Crippen LogP contribution in [0.5, 0.6) is 0 Å². The van der Waals surface area contributed by atoms with Crippen LogP contribution in [0.2, 0.25) is 10.0 Å². The Balaban J connectivity index is 1.67. The summed E-state index contributed by atoms with van der Waals surface area (Å²) in [4.78, 5) is 16.3. The first-order valence-corrected chi connectivity index (χ1v) is 8.61. The van der Waals surface area contributed by atoms with Gasteiger partial charge in [0.25, 0.3) is 5.91 Å². The predicted molar refractivity (Wildman–Crippen MR) is 96.7 cm³/mol. The minimum Gasteiger partial charge on any atom is -0.352 e. The molecule has 3 heterocycles. The first kappa shape index (κ1) is 16.1. The second-order valence-corrected chi connectivity index (χ2v) is 6.76. The molecule has 3 aromatic rings. The molecule has 126 valence electrons. The fourth-order valence-corrected chi connectivity index (χ4v) is 3.60. The zero-order valence-corrected chi connectivity index (χ0v) is 14.7. The van der Waals surface area contributed by atoms with Crippen molar-refractivity contribution in [2.45, 2.75) is 12.8 Å². The van der Waals surface area contributed by atoms with Crippen molar-refractivity contribution in [2.24, 2.45) is 0 Å². The van der Waals surface area contributed by atoms with E-state index in [0.717, 1.165) is 29.1 Å². The number of aromatic nitrogens is 3. The lowest BCUT2D eigenvalue weighted by atomic mass is 10.1. The summed E-state index contributed by atoms with van der Waals surface area (Å²) in [5.41, 5.74) is 4.30. The van der Waals surface area contributed by atoms with E-state index in [1.165, 1.54) is 0 Å². The summed E-state index contributed by atoms with van der Waals surface area (Å²) < 4.78 is 1.81. The van der Waals surface area contributed by atoms with Gasteiger partial charge in [0.1, 0.15) is 0 Å². The van der Waals surface area contributed by atoms with Crippen molar-refractivity contribution in [3.63, 3.8) is 0 Å². The number of hydrogen-bond acceptors (Lipinski definition) is 3. The molecule has 0 saturated carbocycles. The van der Waals surface area contributed by atoms with Crippen LogP contribution in [-0.4, -0.2) is 27.2 Å². The summed E-state index contributed by atoms with van der Waals surface area (Å²) in [5, 5.41) is 8.41. The van der Waals surface area contributed by atoms with Crippen LogP contribution >= 0.6 is 23.2 Å². The first-order valence-electron chi connectivity index (χ1n) is 7.85. The highest BCUT2D eigenvalue weighted by Gasteiger charge is 2.22. The Morgan fingerprint density at radius 1 is 1.16 bits per heavy atom. The molecule has 0 saturated heterocycles. The molecule has 25 heavy (non-hydrogen) atoms. The first-order chi connectivity index (χ1) is 12.1. The molecule has 5 nitrogen and oxygen atoms in total. The van der Waals surface area contributed by atoms with E-state index in [1.807, 2.05) is 28.9 Å². The van der Waals surface area contributed by atoms with Crippen LogP contribution in [-0.2, 0) is 12.8 Å². The fourth-order valence-electron chi connectivity index (χ4n) is 3.03. The highest BCUT2D eigenvalue weighted by atomic mass is 35.5. The van der Waals surface area contributed by atoms with Crippen LogP contribution in [0.25, 0.3) is 5.69 Å². The van der Waals surface area contributed by atoms with Crippen LogP contribution in [0, 0.1) is 0 Å². The lowest BCUT2D eigenvalue weighted by molar-refractivity contribution is 0.0945. The maximum Gasteiger partial charge on any atom is 0.254 e. The lowest BCUT2D eigenvalue weighted by Crippen LogP contribution is -2.32. The molecule has 1 aromatic carbocycles. The molecule has 0 fully saturated rings. The highest BCUT2D eigenvalue weighted by molar-refractivity contribution is 6.34. The van der Waals surface area contributed by atoms with Gasteiger partial charge in [-0.2, -0.15) is 5.10 Å². The number of halogens is 2. The van der Waals surface area contributed by atoms with E-state index in [2.05, 4.69) is 15.4 Å². The Morgan fingerprint density at radius 3 is 2.76 bits per heavy atom. The standard InChI is InChI=1S/C18H14Cl2N4O/c19-12-5-11(6-13(20)8-12)7-14-9-15(1-3-21-14)24-17-2-4-22-18(25)16(17)10-23-24/h1,3,5-6,8-10H,2,4,7H2,(H,22,25). The number of benzene rings is 1. The van der Waals surface area contributed by atoms with Gasteiger partial charge >= 0.3 is 0 Å². The highest BCUT2D eigenvalue weighted by Crippen LogP contribution is 2.22. The number of nitrogens with one attached hydrogen (secondary N) is 1. The maximum atomic E-state index is 11.9. The summed E-state index contributed by atoms with van der Waals surface area (Å²) in [6, 6.07) is 9.31. The van der Waals surface area contributed by atoms with Gasteiger partial charge in [0.05, 0.1) is 23.1 Å². The molecule has 2 aromatic heterocycles. The number of carbonyl (C=O) groups excluding carboxylic acids is 1. The number of rotatable bonds is 3. The van der Waals surface area contributed by atoms with Gasteiger partial charge < -0.3 is 5.32 Å². The number of hydrogen-bond donors (Lipinski definition) is 1. The van der Waals surface area contributed by atoms with Crippen molar-refractivity contribution in [3.05, 3.63) is 75.3 Å². The average molecular weight is 373 g/mol. The van der Waals surface area contributed by atoms with Crippen LogP contribution in [0.1, 0.15) is 27.3 Å². The van der Waals surface area contributed by atoms with E-state index in [1.54, 1.807) is 18.5 Å². The summed E-state index contributed by atoms with van der Waals surface area (Å²) in [7, 11) is 0. The molecule has 1 amide bonds. The van der Waals surface area contributed by atoms with Crippen LogP contribution < -0.4 is 5.32 Å². The van der Waals surface area contributed by atoms with Crippen LogP contribution in [0.15, 0.2) is 42.7 Å². The van der Waals surface area contributed by atoms with E-state index < -0.39 is 0 Å². The minimum atomic E-state index is -0.0738. The van der Waals surface area contributed by atoms with Crippen molar-refractivity contribution < 1.29 is 4.79 Å². The Hall–Kier alpha value is -2.37. The fraction of sp³-hybridized carbons (Fsp3) is 0.167. The van der Waals surface area contributed by atoms with E-state index in [0.29, 0.717) is 28.6 Å². The molecule has 0 aliphatic carbocycles. The number of amides is 1. The summed E-state index contributed by atoms with van der Waals surface area (Å²) in [5.74, 6) is -0.0738. The second kappa shape index (κ2) is 6.50. The number of nitrogens with zero attached hydrogens (tertiary/aromatic N) is 3. The normalized spacial score (nSPS) is 13.4. The summed E-state index contributed by atoms with van der Waals surface area (Å²) in [6.45, 7) is 0.622. The van der Waals surface area contributed by atoms with E-state index in [-0.39, 0.29) is 5.91 Å². The predicted octanol–water partition coefficient (Wildman–Crippen LogP) is 3.45. The van der Waals surface area contributed by atoms with Crippen LogP contribution in [0.3, 0.4) is 0 Å². The van der Waals surface area contributed by atoms with Gasteiger partial charge in [-0.3, -0.25) is 9.78 Å². The van der Waals surface area contributed by atoms with Crippen molar-refractivity contribution in [2.75, 3.05) is 6.54 Å². The van der Waals surface area contributed by atoms with Gasteiger partial charge in [0.2, 0.25) is 0 Å². The quantitative estimate of drug-likeness (QED) is 0.765. The van der Waals surface area contributed by atoms with Gasteiger partial charge in [-0.25, -0.2) is 4.68 Å². The molecule has 0 radical (unpaired) electrons. The Morgan fingerprint density at radius 2 is 1.96 bits per heavy atom. The molecule has 1 N–H and O–H groups in total. The minimum absolute atomic E-state index is 0.0738. The molecule has 0 spiro atoms. The molecule has 1 aliphatic rings. The van der Waals surface area contributed by atoms with Gasteiger partial charge in [-0.15, -0.1) is 0 Å². The smallest absolute Gasteiger partial charge is 0.254 e. The third-order valence-corrected chi connectivity index (χ3v) is 4.55. The van der Waals surface area contributed by atoms with Gasteiger partial charge in [-0.05, 0) is 35.9 Å². The number of fused-ring (bicyclic) bond motifs is 1. The average Bonchev–Trinajstić information content (AvgIpc) is 2.99. The monoisotopic (exact) mass is 372 g/mol. The molecule has 0 unspecified atom stereocenters. The zero-order chi connectivity index (χ0) is 17.4. The number of carbonyl (C=O) groups is 1. The van der Waals surface area contributed by atoms with E-state index in [4.69, 9.17) is 23.2 Å². The summed E-state index contributed by atoms with van der Waals surface area (Å²) in [6.07, 6.45) is 4.72. The molecule has 1 aliphatic heterocycles. The molecule has 7 heteroatoms.